The summed E-state index contributed by atoms with van der Waals surface area (Å²) in [6.45, 7) is 1.82. The van der Waals surface area contributed by atoms with Crippen molar-refractivity contribution in [3.63, 3.8) is 0 Å². The predicted octanol–water partition coefficient (Wildman–Crippen LogP) is 2.36. The van der Waals surface area contributed by atoms with Crippen molar-refractivity contribution in [2.24, 2.45) is 7.05 Å². The Hall–Kier alpha value is -2.04. The fourth-order valence-electron chi connectivity index (χ4n) is 1.99. The Kier molecular flexibility index (Phi) is 3.74. The van der Waals surface area contributed by atoms with Gasteiger partial charge in [0, 0.05) is 31.1 Å². The molecule has 0 fully saturated rings. The Morgan fingerprint density at radius 3 is 2.42 bits per heavy atom. The monoisotopic (exact) mass is 264 g/mol. The van der Waals surface area contributed by atoms with Gasteiger partial charge in [-0.2, -0.15) is 5.10 Å². The summed E-state index contributed by atoms with van der Waals surface area (Å²) in [6.07, 6.45) is -0.131. The number of Topliss-reactive ketones (excluding diaryl/α,β-unsaturated/α-hetero) is 1. The van der Waals surface area contributed by atoms with Crippen LogP contribution in [0.2, 0.25) is 0 Å². The number of aromatic nitrogens is 2. The van der Waals surface area contributed by atoms with Crippen molar-refractivity contribution in [2.75, 3.05) is 0 Å². The summed E-state index contributed by atoms with van der Waals surface area (Å²) in [4.78, 5) is 11.9. The maximum atomic E-state index is 13.4. The van der Waals surface area contributed by atoms with Gasteiger partial charge in [0.05, 0.1) is 5.69 Å². The highest BCUT2D eigenvalue weighted by Gasteiger charge is 2.15. The van der Waals surface area contributed by atoms with E-state index in [0.717, 1.165) is 23.5 Å². The van der Waals surface area contributed by atoms with Crippen LogP contribution in [0.1, 0.15) is 17.0 Å². The van der Waals surface area contributed by atoms with Crippen LogP contribution in [0.25, 0.3) is 0 Å². The third-order valence-electron chi connectivity index (χ3n) is 2.91. The maximum absolute atomic E-state index is 13.4. The molecule has 1 heterocycles. The van der Waals surface area contributed by atoms with Gasteiger partial charge in [-0.25, -0.2) is 8.78 Å². The van der Waals surface area contributed by atoms with Gasteiger partial charge in [-0.05, 0) is 25.1 Å². The lowest BCUT2D eigenvalue weighted by atomic mass is 10.0. The number of hydrogen-bond acceptors (Lipinski definition) is 2. The molecule has 2 aromatic rings. The molecule has 0 saturated heterocycles. The average Bonchev–Trinajstić information content (AvgIpc) is 2.63. The molecule has 2 rings (SSSR count). The molecule has 19 heavy (non-hydrogen) atoms. The number of rotatable bonds is 4. The van der Waals surface area contributed by atoms with Gasteiger partial charge in [-0.15, -0.1) is 0 Å². The predicted molar refractivity (Wildman–Crippen MR) is 66.7 cm³/mol. The van der Waals surface area contributed by atoms with Crippen molar-refractivity contribution in [1.82, 2.24) is 9.78 Å². The first-order valence-electron chi connectivity index (χ1n) is 5.91. The zero-order chi connectivity index (χ0) is 14.0. The van der Waals surface area contributed by atoms with Gasteiger partial charge >= 0.3 is 0 Å². The molecule has 0 aliphatic carbocycles. The third kappa shape index (κ3) is 3.05. The van der Waals surface area contributed by atoms with Gasteiger partial charge in [-0.3, -0.25) is 9.48 Å². The second-order valence-corrected chi connectivity index (χ2v) is 4.49. The van der Waals surface area contributed by atoms with Crippen molar-refractivity contribution in [3.8, 4) is 0 Å². The van der Waals surface area contributed by atoms with E-state index in [2.05, 4.69) is 5.10 Å². The molecule has 0 atom stereocenters. The minimum Gasteiger partial charge on any atom is -0.299 e. The highest BCUT2D eigenvalue weighted by atomic mass is 19.1. The quantitative estimate of drug-likeness (QED) is 0.849. The second kappa shape index (κ2) is 5.30. The van der Waals surface area contributed by atoms with Crippen LogP contribution < -0.4 is 0 Å². The van der Waals surface area contributed by atoms with Crippen molar-refractivity contribution in [2.45, 2.75) is 19.8 Å². The third-order valence-corrected chi connectivity index (χ3v) is 2.91. The number of ketones is 1. The summed E-state index contributed by atoms with van der Waals surface area (Å²) in [7, 11) is 1.74. The van der Waals surface area contributed by atoms with Crippen LogP contribution in [0.5, 0.6) is 0 Å². The molecule has 5 heteroatoms. The zero-order valence-electron chi connectivity index (χ0n) is 10.8. The number of carbonyl (C=O) groups is 1. The molecular weight excluding hydrogens is 250 g/mol. The number of aryl methyl sites for hydroxylation is 2. The summed E-state index contributed by atoms with van der Waals surface area (Å²) in [5.74, 6) is -1.61. The molecule has 1 aromatic carbocycles. The molecule has 0 aliphatic rings. The molecule has 0 unspecified atom stereocenters. The minimum atomic E-state index is -0.686. The minimum absolute atomic E-state index is 0.116. The van der Waals surface area contributed by atoms with E-state index in [1.54, 1.807) is 17.8 Å². The first-order chi connectivity index (χ1) is 8.97. The molecule has 0 radical (unpaired) electrons. The molecule has 0 spiro atoms. The summed E-state index contributed by atoms with van der Waals surface area (Å²) >= 11 is 0. The Bertz CT molecular complexity index is 600. The number of nitrogens with zero attached hydrogens (tertiary/aromatic N) is 2. The Morgan fingerprint density at radius 1 is 1.26 bits per heavy atom. The molecule has 0 bridgehead atoms. The van der Waals surface area contributed by atoms with Gasteiger partial charge in [0.15, 0.2) is 0 Å². The largest absolute Gasteiger partial charge is 0.299 e. The van der Waals surface area contributed by atoms with Crippen LogP contribution in [0, 0.1) is 18.6 Å². The van der Waals surface area contributed by atoms with E-state index in [4.69, 9.17) is 0 Å². The van der Waals surface area contributed by atoms with Gasteiger partial charge in [-0.1, -0.05) is 6.07 Å². The zero-order valence-corrected chi connectivity index (χ0v) is 10.8. The highest BCUT2D eigenvalue weighted by Crippen LogP contribution is 2.14. The molecular formula is C14H14F2N2O. The lowest BCUT2D eigenvalue weighted by molar-refractivity contribution is -0.118. The molecule has 0 aliphatic heterocycles. The summed E-state index contributed by atoms with van der Waals surface area (Å²) < 4.78 is 28.4. The van der Waals surface area contributed by atoms with Crippen LogP contribution >= 0.6 is 0 Å². The molecule has 3 nitrogen and oxygen atoms in total. The van der Waals surface area contributed by atoms with E-state index in [1.807, 2.05) is 6.92 Å². The fourth-order valence-corrected chi connectivity index (χ4v) is 1.99. The van der Waals surface area contributed by atoms with Crippen LogP contribution in [0.15, 0.2) is 24.3 Å². The normalized spacial score (nSPS) is 10.7. The highest BCUT2D eigenvalue weighted by molar-refractivity contribution is 5.82. The topological polar surface area (TPSA) is 34.9 Å². The van der Waals surface area contributed by atoms with E-state index >= 15 is 0 Å². The van der Waals surface area contributed by atoms with Crippen LogP contribution in [-0.4, -0.2) is 15.6 Å². The number of carbonyl (C=O) groups excluding carboxylic acids is 1. The lowest BCUT2D eigenvalue weighted by Crippen LogP contribution is -2.12. The van der Waals surface area contributed by atoms with E-state index in [0.29, 0.717) is 0 Å². The van der Waals surface area contributed by atoms with Crippen LogP contribution in [-0.2, 0) is 24.7 Å². The van der Waals surface area contributed by atoms with Crippen molar-refractivity contribution in [1.29, 1.82) is 0 Å². The maximum Gasteiger partial charge on any atom is 0.143 e. The second-order valence-electron chi connectivity index (χ2n) is 4.49. The SMILES string of the molecule is Cc1cc(CC(=O)Cc2c(F)cccc2F)n(C)n1. The van der Waals surface area contributed by atoms with Crippen LogP contribution in [0.3, 0.4) is 0 Å². The molecule has 0 amide bonds. The number of halogens is 2. The van der Waals surface area contributed by atoms with Crippen molar-refractivity contribution < 1.29 is 13.6 Å². The first kappa shape index (κ1) is 13.4. The summed E-state index contributed by atoms with van der Waals surface area (Å²) in [6, 6.07) is 5.37. The summed E-state index contributed by atoms with van der Waals surface area (Å²) in [5.41, 5.74) is 1.37. The van der Waals surface area contributed by atoms with Gasteiger partial charge < -0.3 is 0 Å². The Morgan fingerprint density at radius 2 is 1.89 bits per heavy atom. The molecule has 0 N–H and O–H groups in total. The lowest BCUT2D eigenvalue weighted by Gasteiger charge is -2.04. The first-order valence-corrected chi connectivity index (χ1v) is 5.91. The van der Waals surface area contributed by atoms with Gasteiger partial charge in [0.2, 0.25) is 0 Å². The molecule has 1 aromatic heterocycles. The number of hydrogen-bond donors (Lipinski definition) is 0. The average molecular weight is 264 g/mol. The summed E-state index contributed by atoms with van der Waals surface area (Å²) in [5, 5.41) is 4.12. The van der Waals surface area contributed by atoms with Gasteiger partial charge in [0.1, 0.15) is 17.4 Å². The van der Waals surface area contributed by atoms with E-state index in [-0.39, 0.29) is 24.2 Å². The smallest absolute Gasteiger partial charge is 0.143 e. The standard InChI is InChI=1S/C14H14F2N2O/c1-9-6-10(18(2)17-9)7-11(19)8-12-13(15)4-3-5-14(12)16/h3-6H,7-8H2,1-2H3. The van der Waals surface area contributed by atoms with E-state index < -0.39 is 11.6 Å². The van der Waals surface area contributed by atoms with E-state index in [9.17, 15) is 13.6 Å². The molecule has 100 valence electrons. The van der Waals surface area contributed by atoms with Crippen LogP contribution in [0.4, 0.5) is 8.78 Å². The Labute approximate surface area is 109 Å². The Balaban J connectivity index is 2.12. The van der Waals surface area contributed by atoms with E-state index in [1.165, 1.54) is 6.07 Å². The number of benzene rings is 1. The van der Waals surface area contributed by atoms with Gasteiger partial charge in [0.25, 0.3) is 0 Å². The fraction of sp³-hybridized carbons (Fsp3) is 0.286. The van der Waals surface area contributed by atoms with Crippen molar-refractivity contribution in [3.05, 3.63) is 52.9 Å². The molecule has 0 saturated carbocycles. The van der Waals surface area contributed by atoms with Crippen molar-refractivity contribution >= 4 is 5.78 Å².